The number of hydrogen-bond donors (Lipinski definition) is 1. The highest BCUT2D eigenvalue weighted by molar-refractivity contribution is 5.37. The third-order valence-electron chi connectivity index (χ3n) is 1.77. The summed E-state index contributed by atoms with van der Waals surface area (Å²) in [7, 11) is 1.93. The van der Waals surface area contributed by atoms with Gasteiger partial charge in [-0.2, -0.15) is 0 Å². The first-order valence-electron chi connectivity index (χ1n) is 3.44. The summed E-state index contributed by atoms with van der Waals surface area (Å²) in [5, 5.41) is 0. The molecular formula is C7H13N3. The van der Waals surface area contributed by atoms with Gasteiger partial charge in [0.2, 0.25) is 0 Å². The SMILES string of the molecule is CCc1nc(C)n(C)c1N. The van der Waals surface area contributed by atoms with Crippen LogP contribution >= 0.6 is 0 Å². The molecule has 1 aromatic rings. The number of nitrogens with two attached hydrogens (primary N) is 1. The van der Waals surface area contributed by atoms with E-state index in [1.807, 2.05) is 18.5 Å². The summed E-state index contributed by atoms with van der Waals surface area (Å²) >= 11 is 0. The van der Waals surface area contributed by atoms with Crippen molar-refractivity contribution in [1.82, 2.24) is 9.55 Å². The molecule has 0 aromatic carbocycles. The molecule has 0 amide bonds. The van der Waals surface area contributed by atoms with Gasteiger partial charge in [0.1, 0.15) is 11.6 Å². The fourth-order valence-corrected chi connectivity index (χ4v) is 0.956. The standard InChI is InChI=1S/C7H13N3/c1-4-6-7(8)10(3)5(2)9-6/h4,8H2,1-3H3. The lowest BCUT2D eigenvalue weighted by Crippen LogP contribution is -1.98. The van der Waals surface area contributed by atoms with Gasteiger partial charge >= 0.3 is 0 Å². The van der Waals surface area contributed by atoms with E-state index in [9.17, 15) is 0 Å². The smallest absolute Gasteiger partial charge is 0.126 e. The lowest BCUT2D eigenvalue weighted by atomic mass is 10.3. The Bertz CT molecular complexity index is 237. The van der Waals surface area contributed by atoms with Gasteiger partial charge in [0.25, 0.3) is 0 Å². The minimum atomic E-state index is 0.792. The van der Waals surface area contributed by atoms with Crippen LogP contribution in [0.15, 0.2) is 0 Å². The number of hydrogen-bond acceptors (Lipinski definition) is 2. The van der Waals surface area contributed by atoms with Crippen LogP contribution in [0.1, 0.15) is 18.4 Å². The molecule has 1 aromatic heterocycles. The van der Waals surface area contributed by atoms with Crippen molar-refractivity contribution in [3.8, 4) is 0 Å². The van der Waals surface area contributed by atoms with Crippen LogP contribution in [-0.4, -0.2) is 9.55 Å². The lowest BCUT2D eigenvalue weighted by Gasteiger charge is -1.96. The van der Waals surface area contributed by atoms with E-state index in [2.05, 4.69) is 11.9 Å². The second-order valence-electron chi connectivity index (χ2n) is 2.40. The molecule has 0 aliphatic heterocycles. The van der Waals surface area contributed by atoms with Gasteiger partial charge in [-0.3, -0.25) is 0 Å². The van der Waals surface area contributed by atoms with E-state index in [1.165, 1.54) is 0 Å². The molecule has 0 aliphatic carbocycles. The van der Waals surface area contributed by atoms with Crippen LogP contribution in [0.2, 0.25) is 0 Å². The van der Waals surface area contributed by atoms with Crippen molar-refractivity contribution in [2.75, 3.05) is 5.73 Å². The fourth-order valence-electron chi connectivity index (χ4n) is 0.956. The summed E-state index contributed by atoms with van der Waals surface area (Å²) in [6.07, 6.45) is 0.910. The maximum atomic E-state index is 5.71. The van der Waals surface area contributed by atoms with E-state index in [0.29, 0.717) is 0 Å². The molecule has 56 valence electrons. The van der Waals surface area contributed by atoms with Crippen molar-refractivity contribution in [2.24, 2.45) is 7.05 Å². The molecule has 0 spiro atoms. The third kappa shape index (κ3) is 0.875. The van der Waals surface area contributed by atoms with Gasteiger partial charge in [-0.05, 0) is 13.3 Å². The van der Waals surface area contributed by atoms with Gasteiger partial charge in [-0.1, -0.05) is 6.92 Å². The van der Waals surface area contributed by atoms with Gasteiger partial charge in [0, 0.05) is 7.05 Å². The molecule has 1 rings (SSSR count). The molecule has 0 bridgehead atoms. The number of aryl methyl sites for hydroxylation is 2. The predicted molar refractivity (Wildman–Crippen MR) is 41.7 cm³/mol. The molecule has 0 radical (unpaired) electrons. The molecule has 2 N–H and O–H groups in total. The monoisotopic (exact) mass is 139 g/mol. The molecule has 0 saturated carbocycles. The van der Waals surface area contributed by atoms with E-state index in [1.54, 1.807) is 0 Å². The summed E-state index contributed by atoms with van der Waals surface area (Å²) in [6, 6.07) is 0. The lowest BCUT2D eigenvalue weighted by molar-refractivity contribution is 0.868. The quantitative estimate of drug-likeness (QED) is 0.627. The number of nitrogen functional groups attached to an aromatic ring is 1. The van der Waals surface area contributed by atoms with Gasteiger partial charge in [-0.15, -0.1) is 0 Å². The zero-order valence-electron chi connectivity index (χ0n) is 6.68. The predicted octanol–water partition coefficient (Wildman–Crippen LogP) is 0.873. The molecule has 0 unspecified atom stereocenters. The number of nitrogens with zero attached hydrogens (tertiary/aromatic N) is 2. The minimum Gasteiger partial charge on any atom is -0.384 e. The number of imidazole rings is 1. The molecule has 10 heavy (non-hydrogen) atoms. The van der Waals surface area contributed by atoms with Crippen molar-refractivity contribution in [3.05, 3.63) is 11.5 Å². The van der Waals surface area contributed by atoms with E-state index in [-0.39, 0.29) is 0 Å². The average Bonchev–Trinajstić information content (AvgIpc) is 2.17. The molecular weight excluding hydrogens is 126 g/mol. The Morgan fingerprint density at radius 1 is 1.60 bits per heavy atom. The highest BCUT2D eigenvalue weighted by Gasteiger charge is 2.04. The van der Waals surface area contributed by atoms with Gasteiger partial charge in [0.15, 0.2) is 0 Å². The van der Waals surface area contributed by atoms with Crippen molar-refractivity contribution in [1.29, 1.82) is 0 Å². The van der Waals surface area contributed by atoms with Crippen molar-refractivity contribution < 1.29 is 0 Å². The summed E-state index contributed by atoms with van der Waals surface area (Å²) in [6.45, 7) is 4.01. The zero-order chi connectivity index (χ0) is 7.72. The van der Waals surface area contributed by atoms with Crippen molar-refractivity contribution >= 4 is 5.82 Å². The van der Waals surface area contributed by atoms with Crippen LogP contribution in [0.3, 0.4) is 0 Å². The van der Waals surface area contributed by atoms with Crippen LogP contribution in [0, 0.1) is 6.92 Å². The molecule has 0 fully saturated rings. The Labute approximate surface area is 60.9 Å². The Morgan fingerprint density at radius 3 is 2.40 bits per heavy atom. The molecule has 3 heteroatoms. The molecule has 1 heterocycles. The maximum absolute atomic E-state index is 5.71. The first-order valence-corrected chi connectivity index (χ1v) is 3.44. The van der Waals surface area contributed by atoms with Crippen molar-refractivity contribution in [2.45, 2.75) is 20.3 Å². The van der Waals surface area contributed by atoms with E-state index in [4.69, 9.17) is 5.73 Å². The number of rotatable bonds is 1. The summed E-state index contributed by atoms with van der Waals surface area (Å²) < 4.78 is 1.90. The van der Waals surface area contributed by atoms with Gasteiger partial charge in [0.05, 0.1) is 5.69 Å². The fraction of sp³-hybridized carbons (Fsp3) is 0.571. The number of aromatic nitrogens is 2. The number of anilines is 1. The third-order valence-corrected chi connectivity index (χ3v) is 1.77. The minimum absolute atomic E-state index is 0.792. The first kappa shape index (κ1) is 7.12. The Kier molecular flexibility index (Phi) is 1.66. The highest BCUT2D eigenvalue weighted by atomic mass is 15.1. The van der Waals surface area contributed by atoms with Crippen LogP contribution in [0.4, 0.5) is 5.82 Å². The van der Waals surface area contributed by atoms with E-state index in [0.717, 1.165) is 23.8 Å². The Hall–Kier alpha value is -0.990. The summed E-state index contributed by atoms with van der Waals surface area (Å²) in [5.74, 6) is 1.77. The second kappa shape index (κ2) is 2.33. The Morgan fingerprint density at radius 2 is 2.20 bits per heavy atom. The molecule has 0 atom stereocenters. The summed E-state index contributed by atoms with van der Waals surface area (Å²) in [5.41, 5.74) is 6.71. The zero-order valence-corrected chi connectivity index (χ0v) is 6.68. The normalized spacial score (nSPS) is 10.3. The van der Waals surface area contributed by atoms with Gasteiger partial charge < -0.3 is 10.3 Å². The molecule has 0 saturated heterocycles. The highest BCUT2D eigenvalue weighted by Crippen LogP contribution is 2.11. The van der Waals surface area contributed by atoms with E-state index < -0.39 is 0 Å². The average molecular weight is 139 g/mol. The van der Waals surface area contributed by atoms with Crippen LogP contribution in [0.25, 0.3) is 0 Å². The van der Waals surface area contributed by atoms with E-state index >= 15 is 0 Å². The largest absolute Gasteiger partial charge is 0.384 e. The van der Waals surface area contributed by atoms with Crippen LogP contribution in [0.5, 0.6) is 0 Å². The van der Waals surface area contributed by atoms with Crippen LogP contribution in [-0.2, 0) is 13.5 Å². The molecule has 0 aliphatic rings. The van der Waals surface area contributed by atoms with Gasteiger partial charge in [-0.25, -0.2) is 4.98 Å². The topological polar surface area (TPSA) is 43.8 Å². The van der Waals surface area contributed by atoms with Crippen molar-refractivity contribution in [3.63, 3.8) is 0 Å². The Balaban J connectivity index is 3.17. The maximum Gasteiger partial charge on any atom is 0.126 e. The molecule has 3 nitrogen and oxygen atoms in total. The first-order chi connectivity index (χ1) is 4.66. The van der Waals surface area contributed by atoms with Crippen LogP contribution < -0.4 is 5.73 Å². The summed E-state index contributed by atoms with van der Waals surface area (Å²) in [4.78, 5) is 4.27. The second-order valence-corrected chi connectivity index (χ2v) is 2.40.